The van der Waals surface area contributed by atoms with Crippen LogP contribution < -0.4 is 4.72 Å². The maximum atomic E-state index is 12.7. The third-order valence-electron chi connectivity index (χ3n) is 4.62. The molecule has 0 spiro atoms. The topological polar surface area (TPSA) is 105 Å². The molecule has 2 aromatic rings. The van der Waals surface area contributed by atoms with Crippen LogP contribution in [0, 0.1) is 5.92 Å². The molecule has 0 aliphatic carbocycles. The molecule has 140 valence electrons. The van der Waals surface area contributed by atoms with Crippen molar-refractivity contribution in [3.63, 3.8) is 0 Å². The van der Waals surface area contributed by atoms with Gasteiger partial charge in [0, 0.05) is 31.5 Å². The molecular formula is C17H22N4O4S. The van der Waals surface area contributed by atoms with Gasteiger partial charge in [-0.05, 0) is 37.5 Å². The highest BCUT2D eigenvalue weighted by molar-refractivity contribution is 7.87. The lowest BCUT2D eigenvalue weighted by Crippen LogP contribution is -2.46. The van der Waals surface area contributed by atoms with Gasteiger partial charge in [-0.25, -0.2) is 4.68 Å². The summed E-state index contributed by atoms with van der Waals surface area (Å²) in [4.78, 5) is 11.0. The smallest absolute Gasteiger partial charge is 0.306 e. The van der Waals surface area contributed by atoms with Crippen LogP contribution in [-0.4, -0.2) is 46.7 Å². The molecule has 2 heterocycles. The number of aliphatic carboxylic acids is 1. The first-order chi connectivity index (χ1) is 12.4. The zero-order valence-electron chi connectivity index (χ0n) is 14.4. The number of aromatic nitrogens is 2. The fourth-order valence-electron chi connectivity index (χ4n) is 3.18. The summed E-state index contributed by atoms with van der Waals surface area (Å²) in [6.07, 6.45) is 4.12. The van der Waals surface area contributed by atoms with Gasteiger partial charge in [0.05, 0.1) is 11.6 Å². The van der Waals surface area contributed by atoms with Gasteiger partial charge < -0.3 is 5.11 Å². The summed E-state index contributed by atoms with van der Waals surface area (Å²) in [5.41, 5.74) is 1.61. The van der Waals surface area contributed by atoms with Crippen molar-refractivity contribution in [2.24, 2.45) is 5.92 Å². The van der Waals surface area contributed by atoms with E-state index in [1.165, 1.54) is 4.31 Å². The quantitative estimate of drug-likeness (QED) is 0.794. The standard InChI is InChI=1S/C17H22N4O4S/c1-13(15-5-2-3-6-16(15)21-10-4-9-18-21)19-26(24,25)20-11-7-14(8-12-20)17(22)23/h2-6,9-10,13-14,19H,7-8,11-12H2,1H3,(H,22,23). The first kappa shape index (κ1) is 18.6. The van der Waals surface area contributed by atoms with Gasteiger partial charge >= 0.3 is 5.97 Å². The molecule has 0 saturated carbocycles. The highest BCUT2D eigenvalue weighted by Gasteiger charge is 2.32. The second kappa shape index (κ2) is 7.56. The van der Waals surface area contributed by atoms with Crippen LogP contribution in [0.2, 0.25) is 0 Å². The SMILES string of the molecule is CC(NS(=O)(=O)N1CCC(C(=O)O)CC1)c1ccccc1-n1cccn1. The highest BCUT2D eigenvalue weighted by Crippen LogP contribution is 2.24. The molecule has 1 aromatic carbocycles. The number of hydrogen-bond donors (Lipinski definition) is 2. The number of benzene rings is 1. The van der Waals surface area contributed by atoms with Crippen LogP contribution in [0.5, 0.6) is 0 Å². The highest BCUT2D eigenvalue weighted by atomic mass is 32.2. The number of nitrogens with one attached hydrogen (secondary N) is 1. The first-order valence-corrected chi connectivity index (χ1v) is 9.91. The molecule has 9 heteroatoms. The van der Waals surface area contributed by atoms with Crippen molar-refractivity contribution in [3.8, 4) is 5.69 Å². The van der Waals surface area contributed by atoms with Gasteiger partial charge in [-0.1, -0.05) is 18.2 Å². The molecular weight excluding hydrogens is 356 g/mol. The van der Waals surface area contributed by atoms with E-state index in [1.54, 1.807) is 30.1 Å². The van der Waals surface area contributed by atoms with E-state index in [0.717, 1.165) is 11.3 Å². The average Bonchev–Trinajstić information content (AvgIpc) is 3.16. The predicted molar refractivity (Wildman–Crippen MR) is 96.0 cm³/mol. The van der Waals surface area contributed by atoms with E-state index in [9.17, 15) is 13.2 Å². The van der Waals surface area contributed by atoms with E-state index in [4.69, 9.17) is 5.11 Å². The number of para-hydroxylation sites is 1. The lowest BCUT2D eigenvalue weighted by Gasteiger charge is -2.30. The minimum Gasteiger partial charge on any atom is -0.481 e. The number of rotatable bonds is 6. The Hall–Kier alpha value is -2.23. The number of carboxylic acids is 1. The number of nitrogens with zero attached hydrogens (tertiary/aromatic N) is 3. The van der Waals surface area contributed by atoms with E-state index in [-0.39, 0.29) is 13.1 Å². The molecule has 2 N–H and O–H groups in total. The van der Waals surface area contributed by atoms with Gasteiger partial charge in [-0.3, -0.25) is 4.79 Å². The maximum absolute atomic E-state index is 12.7. The van der Waals surface area contributed by atoms with Crippen LogP contribution in [0.4, 0.5) is 0 Å². The summed E-state index contributed by atoms with van der Waals surface area (Å²) in [7, 11) is -3.70. The van der Waals surface area contributed by atoms with Crippen molar-refractivity contribution in [1.82, 2.24) is 18.8 Å². The summed E-state index contributed by atoms with van der Waals surface area (Å²) in [5, 5.41) is 13.3. The Balaban J connectivity index is 1.74. The summed E-state index contributed by atoms with van der Waals surface area (Å²) in [6.45, 7) is 2.20. The van der Waals surface area contributed by atoms with Gasteiger partial charge in [0.15, 0.2) is 0 Å². The third kappa shape index (κ3) is 3.95. The number of carboxylic acid groups (broad SMARTS) is 1. The molecule has 0 amide bonds. The van der Waals surface area contributed by atoms with Crippen LogP contribution in [0.3, 0.4) is 0 Å². The van der Waals surface area contributed by atoms with Gasteiger partial charge in [0.1, 0.15) is 0 Å². The molecule has 1 aliphatic heterocycles. The van der Waals surface area contributed by atoms with Crippen LogP contribution in [0.1, 0.15) is 31.4 Å². The molecule has 1 aromatic heterocycles. The van der Waals surface area contributed by atoms with Crippen LogP contribution in [0.15, 0.2) is 42.7 Å². The number of carbonyl (C=O) groups is 1. The number of hydrogen-bond acceptors (Lipinski definition) is 4. The zero-order chi connectivity index (χ0) is 18.7. The van der Waals surface area contributed by atoms with Crippen LogP contribution in [0.25, 0.3) is 5.69 Å². The Morgan fingerprint density at radius 1 is 1.27 bits per heavy atom. The van der Waals surface area contributed by atoms with E-state index >= 15 is 0 Å². The van der Waals surface area contributed by atoms with Crippen molar-refractivity contribution < 1.29 is 18.3 Å². The second-order valence-electron chi connectivity index (χ2n) is 6.37. The molecule has 26 heavy (non-hydrogen) atoms. The third-order valence-corrected chi connectivity index (χ3v) is 6.32. The monoisotopic (exact) mass is 378 g/mol. The van der Waals surface area contributed by atoms with E-state index in [0.29, 0.717) is 12.8 Å². The van der Waals surface area contributed by atoms with Gasteiger partial charge in [-0.15, -0.1) is 0 Å². The normalized spacial score (nSPS) is 17.9. The largest absolute Gasteiger partial charge is 0.481 e. The Kier molecular flexibility index (Phi) is 5.40. The Labute approximate surface area is 152 Å². The van der Waals surface area contributed by atoms with E-state index < -0.39 is 28.1 Å². The van der Waals surface area contributed by atoms with Crippen molar-refractivity contribution in [2.45, 2.75) is 25.8 Å². The van der Waals surface area contributed by atoms with Gasteiger partial charge in [0.25, 0.3) is 10.2 Å². The fourth-order valence-corrected chi connectivity index (χ4v) is 4.59. The maximum Gasteiger partial charge on any atom is 0.306 e. The van der Waals surface area contributed by atoms with Crippen molar-refractivity contribution >= 4 is 16.2 Å². The lowest BCUT2D eigenvalue weighted by atomic mass is 9.99. The molecule has 1 aliphatic rings. The molecule has 8 nitrogen and oxygen atoms in total. The number of piperidine rings is 1. The summed E-state index contributed by atoms with van der Waals surface area (Å²) in [5.74, 6) is -1.34. The van der Waals surface area contributed by atoms with E-state index in [2.05, 4.69) is 9.82 Å². The van der Waals surface area contributed by atoms with Crippen molar-refractivity contribution in [1.29, 1.82) is 0 Å². The summed E-state index contributed by atoms with van der Waals surface area (Å²) < 4.78 is 31.1. The van der Waals surface area contributed by atoms with E-state index in [1.807, 2.05) is 24.3 Å². The Morgan fingerprint density at radius 3 is 2.58 bits per heavy atom. The van der Waals surface area contributed by atoms with Crippen LogP contribution in [-0.2, 0) is 15.0 Å². The molecule has 0 radical (unpaired) electrons. The molecule has 1 atom stereocenters. The molecule has 1 saturated heterocycles. The summed E-state index contributed by atoms with van der Waals surface area (Å²) >= 11 is 0. The Morgan fingerprint density at radius 2 is 1.96 bits per heavy atom. The molecule has 0 bridgehead atoms. The fraction of sp³-hybridized carbons (Fsp3) is 0.412. The minimum absolute atomic E-state index is 0.208. The molecule has 3 rings (SSSR count). The van der Waals surface area contributed by atoms with Gasteiger partial charge in [-0.2, -0.15) is 22.5 Å². The summed E-state index contributed by atoms with van der Waals surface area (Å²) in [6, 6.07) is 8.81. The minimum atomic E-state index is -3.70. The Bertz CT molecular complexity index is 859. The van der Waals surface area contributed by atoms with Crippen LogP contribution >= 0.6 is 0 Å². The van der Waals surface area contributed by atoms with Gasteiger partial charge in [0.2, 0.25) is 0 Å². The molecule has 1 unspecified atom stereocenters. The predicted octanol–water partition coefficient (Wildman–Crippen LogP) is 1.56. The first-order valence-electron chi connectivity index (χ1n) is 8.47. The zero-order valence-corrected chi connectivity index (χ0v) is 15.3. The van der Waals surface area contributed by atoms with Crippen molar-refractivity contribution in [2.75, 3.05) is 13.1 Å². The molecule has 1 fully saturated rings. The second-order valence-corrected chi connectivity index (χ2v) is 8.07. The van der Waals surface area contributed by atoms with Crippen molar-refractivity contribution in [3.05, 3.63) is 48.3 Å². The average molecular weight is 378 g/mol. The lowest BCUT2D eigenvalue weighted by molar-refractivity contribution is -0.142.